The SMILES string of the molecule is Cc1cc2n(Cc3nc(OCC4CCOC4)c4cc(-c5cccnc5)ccc4n3)c(=O)c3ccccc3n2n1.Cc1cc2n(Cc3nc(OCC4CCOC4)c4cc(Br)ccc4n3)c(=O)c3ccccc3n2n1.OB(O)c1cccnc1. The molecule has 2 aliphatic rings. The molecule has 0 aliphatic carbocycles. The van der Waals surface area contributed by atoms with Gasteiger partial charge in [-0.3, -0.25) is 28.7 Å². The summed E-state index contributed by atoms with van der Waals surface area (Å²) in [7, 11) is -1.40. The first kappa shape index (κ1) is 53.8. The first-order valence-corrected chi connectivity index (χ1v) is 27.6. The van der Waals surface area contributed by atoms with Gasteiger partial charge in [0.05, 0.1) is 94.5 Å². The minimum absolute atomic E-state index is 0.104. The van der Waals surface area contributed by atoms with E-state index >= 15 is 0 Å². The molecule has 20 nitrogen and oxygen atoms in total. The van der Waals surface area contributed by atoms with Crippen LogP contribution in [0, 0.1) is 25.7 Å². The summed E-state index contributed by atoms with van der Waals surface area (Å²) in [6, 6.07) is 37.8. The highest BCUT2D eigenvalue weighted by Gasteiger charge is 2.22. The van der Waals surface area contributed by atoms with Crippen molar-refractivity contribution in [1.82, 2.24) is 58.3 Å². The molecule has 0 bridgehead atoms. The number of ether oxygens (including phenoxy) is 4. The Labute approximate surface area is 476 Å². The van der Waals surface area contributed by atoms with Crippen LogP contribution in [0.1, 0.15) is 35.9 Å². The molecule has 412 valence electrons. The highest BCUT2D eigenvalue weighted by atomic mass is 79.9. The Bertz CT molecular complexity index is 4420. The molecule has 2 fully saturated rings. The molecule has 22 heteroatoms. The fourth-order valence-corrected chi connectivity index (χ4v) is 10.5. The Morgan fingerprint density at radius 2 is 1.11 bits per heavy atom. The summed E-state index contributed by atoms with van der Waals surface area (Å²) in [4.78, 5) is 54.2. The molecule has 2 atom stereocenters. The Kier molecular flexibility index (Phi) is 15.6. The number of hydrogen-bond acceptors (Lipinski definition) is 16. The maximum Gasteiger partial charge on any atom is 0.490 e. The molecule has 4 aromatic carbocycles. The fourth-order valence-electron chi connectivity index (χ4n) is 10.2. The minimum Gasteiger partial charge on any atom is -0.477 e. The second kappa shape index (κ2) is 23.7. The number of halogens is 1. The molecule has 2 saturated heterocycles. The molecule has 0 spiro atoms. The Morgan fingerprint density at radius 1 is 0.585 bits per heavy atom. The molecular weight excluding hydrogens is 1110 g/mol. The van der Waals surface area contributed by atoms with Gasteiger partial charge in [0, 0.05) is 77.5 Å². The van der Waals surface area contributed by atoms with Crippen molar-refractivity contribution < 1.29 is 29.0 Å². The van der Waals surface area contributed by atoms with Crippen LogP contribution in [-0.4, -0.2) is 115 Å². The van der Waals surface area contributed by atoms with Crippen molar-refractivity contribution in [3.8, 4) is 22.9 Å². The van der Waals surface area contributed by atoms with Gasteiger partial charge in [0.15, 0.2) is 11.6 Å². The zero-order valence-electron chi connectivity index (χ0n) is 44.7. The summed E-state index contributed by atoms with van der Waals surface area (Å²) in [5.74, 6) is 2.68. The van der Waals surface area contributed by atoms with Crippen molar-refractivity contribution in [3.63, 3.8) is 0 Å². The van der Waals surface area contributed by atoms with E-state index in [4.69, 9.17) is 48.9 Å². The largest absolute Gasteiger partial charge is 0.490 e. The lowest BCUT2D eigenvalue weighted by Crippen LogP contribution is -2.29. The van der Waals surface area contributed by atoms with E-state index in [1.807, 2.05) is 138 Å². The van der Waals surface area contributed by atoms with Crippen molar-refractivity contribution in [2.24, 2.45) is 11.8 Å². The number of aromatic nitrogens is 12. The summed E-state index contributed by atoms with van der Waals surface area (Å²) in [5.41, 5.74) is 8.31. The summed E-state index contributed by atoms with van der Waals surface area (Å²) < 4.78 is 31.4. The maximum absolute atomic E-state index is 13.6. The third-order valence-electron chi connectivity index (χ3n) is 14.3. The number of para-hydroxylation sites is 2. The molecule has 10 heterocycles. The second-order valence-corrected chi connectivity index (χ2v) is 21.1. The van der Waals surface area contributed by atoms with Crippen molar-refractivity contribution >= 4 is 83.4 Å². The number of pyridine rings is 2. The van der Waals surface area contributed by atoms with Crippen LogP contribution in [-0.2, 0) is 22.6 Å². The van der Waals surface area contributed by atoms with Crippen molar-refractivity contribution in [2.75, 3.05) is 39.6 Å². The number of aryl methyl sites for hydroxylation is 2. The van der Waals surface area contributed by atoms with Crippen LogP contribution in [0.2, 0.25) is 0 Å². The van der Waals surface area contributed by atoms with E-state index < -0.39 is 7.12 Å². The average Bonchev–Trinajstić information content (AvgIpc) is 4.19. The van der Waals surface area contributed by atoms with Gasteiger partial charge in [0.25, 0.3) is 11.1 Å². The van der Waals surface area contributed by atoms with E-state index in [1.54, 1.807) is 33.7 Å². The predicted molar refractivity (Wildman–Crippen MR) is 315 cm³/mol. The smallest absolute Gasteiger partial charge is 0.477 e. The van der Waals surface area contributed by atoms with E-state index in [1.165, 1.54) is 6.20 Å². The Balaban J connectivity index is 0.000000142. The van der Waals surface area contributed by atoms with Crippen LogP contribution in [0.3, 0.4) is 0 Å². The highest BCUT2D eigenvalue weighted by molar-refractivity contribution is 9.10. The normalized spacial score (nSPS) is 15.0. The summed E-state index contributed by atoms with van der Waals surface area (Å²) in [5, 5.41) is 29.2. The molecule has 2 N–H and O–H groups in total. The van der Waals surface area contributed by atoms with E-state index in [0.29, 0.717) is 89.2 Å². The molecule has 8 aromatic heterocycles. The molecule has 14 rings (SSSR count). The molecule has 0 saturated carbocycles. The predicted octanol–water partition coefficient (Wildman–Crippen LogP) is 7.31. The molecule has 2 aliphatic heterocycles. The van der Waals surface area contributed by atoms with E-state index in [2.05, 4.69) is 36.1 Å². The lowest BCUT2D eigenvalue weighted by atomic mass is 9.82. The van der Waals surface area contributed by atoms with Gasteiger partial charge >= 0.3 is 7.12 Å². The average molecular weight is 1160 g/mol. The van der Waals surface area contributed by atoms with Gasteiger partial charge in [-0.25, -0.2) is 19.0 Å². The molecule has 82 heavy (non-hydrogen) atoms. The summed E-state index contributed by atoms with van der Waals surface area (Å²) in [6.07, 6.45) is 8.51. The lowest BCUT2D eigenvalue weighted by Gasteiger charge is -2.15. The molecule has 2 unspecified atom stereocenters. The standard InChI is InChI=1S/C30H26N6O3.C25H22BrN5O3.C5H6BNO2/c1-19-13-28-35(30(37)23-6-2-3-7-26(23)36(28)34-19)16-27-32-25-9-8-21(22-5-4-11-31-15-22)14-24(25)29(33-27)39-18-20-10-12-38-17-20;1-15-10-23-30(25(32)18-4-2-3-5-21(18)31(23)29-15)12-22-27-20-7-6-17(26)11-19(20)24(28-22)34-14-16-8-9-33-13-16;8-6(9)5-2-1-3-7-4-5/h2-9,11,13-15,20H,10,12,16-18H2,1H3;2-7,10-11,16H,8-9,12-14H2,1H3;1-4,8-9H. The van der Waals surface area contributed by atoms with Crippen molar-refractivity contribution in [3.05, 3.63) is 194 Å². The van der Waals surface area contributed by atoms with E-state index in [-0.39, 0.29) is 24.2 Å². The number of nitrogens with zero attached hydrogens (tertiary/aromatic N) is 12. The highest BCUT2D eigenvalue weighted by Crippen LogP contribution is 2.31. The third-order valence-corrected chi connectivity index (χ3v) is 14.8. The topological polar surface area (TPSA) is 233 Å². The number of rotatable bonds is 12. The molecular formula is C60H54BBrN12O8. The fraction of sp³-hybridized carbons (Fsp3) is 0.233. The van der Waals surface area contributed by atoms with Gasteiger partial charge in [-0.2, -0.15) is 20.2 Å². The number of hydrogen-bond donors (Lipinski definition) is 2. The minimum atomic E-state index is -1.40. The zero-order valence-corrected chi connectivity index (χ0v) is 46.3. The molecule has 0 amide bonds. The van der Waals surface area contributed by atoms with Gasteiger partial charge in [-0.05, 0) is 99.0 Å². The number of fused-ring (bicyclic) bond motifs is 8. The molecule has 12 aromatic rings. The van der Waals surface area contributed by atoms with Gasteiger partial charge in [-0.15, -0.1) is 0 Å². The third kappa shape index (κ3) is 11.4. The summed E-state index contributed by atoms with van der Waals surface area (Å²) >= 11 is 3.53. The van der Waals surface area contributed by atoms with Gasteiger partial charge in [0.2, 0.25) is 11.8 Å². The molecule has 0 radical (unpaired) electrons. The van der Waals surface area contributed by atoms with Gasteiger partial charge < -0.3 is 29.0 Å². The van der Waals surface area contributed by atoms with Crippen molar-refractivity contribution in [2.45, 2.75) is 39.8 Å². The van der Waals surface area contributed by atoms with E-state index in [9.17, 15) is 9.59 Å². The maximum atomic E-state index is 13.6. The monoisotopic (exact) mass is 1160 g/mol. The van der Waals surface area contributed by atoms with E-state index in [0.717, 1.165) is 85.9 Å². The zero-order chi connectivity index (χ0) is 56.3. The van der Waals surface area contributed by atoms with Crippen molar-refractivity contribution in [1.29, 1.82) is 0 Å². The van der Waals surface area contributed by atoms with Crippen LogP contribution in [0.4, 0.5) is 0 Å². The Morgan fingerprint density at radius 3 is 1.60 bits per heavy atom. The lowest BCUT2D eigenvalue weighted by molar-refractivity contribution is 0.166. The van der Waals surface area contributed by atoms with Crippen LogP contribution in [0.15, 0.2) is 160 Å². The quantitative estimate of drug-likeness (QED) is 0.114. The first-order chi connectivity index (χ1) is 40.0. The second-order valence-electron chi connectivity index (χ2n) is 20.2. The Hall–Kier alpha value is -8.80. The van der Waals surface area contributed by atoms with Crippen LogP contribution in [0.5, 0.6) is 11.8 Å². The van der Waals surface area contributed by atoms with Crippen LogP contribution in [0.25, 0.3) is 66.0 Å². The van der Waals surface area contributed by atoms with Crippen LogP contribution >= 0.6 is 15.9 Å². The van der Waals surface area contributed by atoms with Gasteiger partial charge in [0.1, 0.15) is 11.3 Å². The van der Waals surface area contributed by atoms with Crippen LogP contribution < -0.4 is 26.1 Å². The first-order valence-electron chi connectivity index (χ1n) is 26.8. The number of benzene rings is 4. The summed E-state index contributed by atoms with van der Waals surface area (Å²) in [6.45, 7) is 8.15. The van der Waals surface area contributed by atoms with Gasteiger partial charge in [-0.1, -0.05) is 58.4 Å².